The van der Waals surface area contributed by atoms with Crippen molar-refractivity contribution in [3.05, 3.63) is 58.7 Å². The third-order valence-corrected chi connectivity index (χ3v) is 5.78. The third-order valence-electron chi connectivity index (χ3n) is 5.78. The summed E-state index contributed by atoms with van der Waals surface area (Å²) in [5.41, 5.74) is 5.71. The van der Waals surface area contributed by atoms with Gasteiger partial charge in [0, 0.05) is 41.4 Å². The third kappa shape index (κ3) is 5.70. The average molecular weight is 461 g/mol. The number of aryl methyl sites for hydroxylation is 2. The van der Waals surface area contributed by atoms with Crippen molar-refractivity contribution in [2.45, 2.75) is 57.7 Å². The summed E-state index contributed by atoms with van der Waals surface area (Å²) >= 11 is 0. The minimum Gasteiger partial charge on any atom is -0.550 e. The standard InChI is InChI=1S/C24H26FN3O4.Na/c1-13-14(2)27-28-23(16-5-7-17(25)8-6-16)20(22(15-3-4-15)26-24(13)28)10-9-18(29)11-19(30)12-21(31)32;/h5-10,15,18-19,29-30H,3-4,11-12H2,1-2H3,(H,31,32);/q;+1/p-1/b10-9+;/t18-,19-;/m1./s1. The molecule has 168 valence electrons. The van der Waals surface area contributed by atoms with Crippen LogP contribution >= 0.6 is 0 Å². The van der Waals surface area contributed by atoms with Crippen molar-refractivity contribution in [3.63, 3.8) is 0 Å². The van der Waals surface area contributed by atoms with Crippen LogP contribution in [0, 0.1) is 19.7 Å². The summed E-state index contributed by atoms with van der Waals surface area (Å²) in [6.45, 7) is 3.88. The van der Waals surface area contributed by atoms with Crippen LogP contribution in [0.3, 0.4) is 0 Å². The molecule has 9 heteroatoms. The molecule has 1 saturated carbocycles. The molecule has 1 fully saturated rings. The summed E-state index contributed by atoms with van der Waals surface area (Å²) in [6, 6.07) is 6.15. The van der Waals surface area contributed by atoms with Crippen LogP contribution in [0.2, 0.25) is 0 Å². The number of hydrogen-bond donors (Lipinski definition) is 2. The number of fused-ring (bicyclic) bond motifs is 1. The summed E-state index contributed by atoms with van der Waals surface area (Å²) in [4.78, 5) is 15.6. The zero-order chi connectivity index (χ0) is 23.0. The number of carboxylic acid groups (broad SMARTS) is 1. The smallest absolute Gasteiger partial charge is 0.550 e. The number of aromatic nitrogens is 3. The van der Waals surface area contributed by atoms with Crippen molar-refractivity contribution < 1.29 is 54.1 Å². The Bertz CT molecular complexity index is 1190. The molecular formula is C24H25FN3NaO4. The number of aliphatic hydroxyl groups is 2. The maximum Gasteiger partial charge on any atom is 1.00 e. The summed E-state index contributed by atoms with van der Waals surface area (Å²) < 4.78 is 15.4. The SMILES string of the molecule is Cc1nn2c(-c3ccc(F)cc3)c(/C=C/[C@@H](O)C[C@@H](O)CC(=O)[O-])c(C3CC3)nc2c1C.[Na+]. The molecule has 0 bridgehead atoms. The summed E-state index contributed by atoms with van der Waals surface area (Å²) in [6.07, 6.45) is 2.32. The van der Waals surface area contributed by atoms with Crippen molar-refractivity contribution >= 4 is 17.7 Å². The average Bonchev–Trinajstić information content (AvgIpc) is 3.52. The summed E-state index contributed by atoms with van der Waals surface area (Å²) in [5, 5.41) is 35.5. The maximum atomic E-state index is 13.6. The van der Waals surface area contributed by atoms with Crippen LogP contribution < -0.4 is 34.7 Å². The molecule has 4 rings (SSSR count). The second kappa shape index (κ2) is 10.4. The first kappa shape index (κ1) is 25.5. The Morgan fingerprint density at radius 3 is 2.55 bits per heavy atom. The fourth-order valence-electron chi connectivity index (χ4n) is 3.85. The van der Waals surface area contributed by atoms with Gasteiger partial charge in [-0.3, -0.25) is 0 Å². The van der Waals surface area contributed by atoms with Crippen molar-refractivity contribution in [3.8, 4) is 11.3 Å². The van der Waals surface area contributed by atoms with Gasteiger partial charge in [0.15, 0.2) is 5.65 Å². The minimum atomic E-state index is -1.37. The topological polar surface area (TPSA) is 111 Å². The normalized spacial score (nSPS) is 15.5. The van der Waals surface area contributed by atoms with Gasteiger partial charge in [-0.2, -0.15) is 5.10 Å². The van der Waals surface area contributed by atoms with E-state index in [0.717, 1.165) is 52.3 Å². The molecule has 0 aliphatic heterocycles. The van der Waals surface area contributed by atoms with Crippen molar-refractivity contribution in [1.82, 2.24) is 14.6 Å². The Kier molecular flexibility index (Phi) is 8.08. The molecule has 7 nitrogen and oxygen atoms in total. The Hall–Kier alpha value is -2.10. The molecule has 0 spiro atoms. The van der Waals surface area contributed by atoms with Gasteiger partial charge in [0.2, 0.25) is 0 Å². The molecule has 1 aliphatic rings. The van der Waals surface area contributed by atoms with Gasteiger partial charge < -0.3 is 20.1 Å². The number of nitrogens with zero attached hydrogens (tertiary/aromatic N) is 3. The molecule has 0 saturated heterocycles. The zero-order valence-electron chi connectivity index (χ0n) is 19.0. The molecule has 0 unspecified atom stereocenters. The molecule has 0 amide bonds. The van der Waals surface area contributed by atoms with Crippen LogP contribution in [-0.4, -0.2) is 43.0 Å². The van der Waals surface area contributed by atoms with Gasteiger partial charge in [-0.15, -0.1) is 0 Å². The number of carbonyl (C=O) groups is 1. The zero-order valence-corrected chi connectivity index (χ0v) is 21.0. The van der Waals surface area contributed by atoms with E-state index >= 15 is 0 Å². The van der Waals surface area contributed by atoms with E-state index in [-0.39, 0.29) is 47.7 Å². The van der Waals surface area contributed by atoms with Crippen LogP contribution in [-0.2, 0) is 4.79 Å². The van der Waals surface area contributed by atoms with Crippen LogP contribution in [0.1, 0.15) is 54.1 Å². The van der Waals surface area contributed by atoms with Gasteiger partial charge in [-0.1, -0.05) is 12.2 Å². The number of benzene rings is 1. The number of halogens is 1. The van der Waals surface area contributed by atoms with Crippen molar-refractivity contribution in [2.24, 2.45) is 0 Å². The van der Waals surface area contributed by atoms with Crippen LogP contribution in [0.15, 0.2) is 30.3 Å². The number of aliphatic hydroxyl groups excluding tert-OH is 2. The molecule has 0 radical (unpaired) electrons. The van der Waals surface area contributed by atoms with E-state index in [2.05, 4.69) is 5.10 Å². The number of hydrogen-bond acceptors (Lipinski definition) is 6. The molecule has 1 aromatic carbocycles. The fraction of sp³-hybridized carbons (Fsp3) is 0.375. The fourth-order valence-corrected chi connectivity index (χ4v) is 3.85. The van der Waals surface area contributed by atoms with E-state index in [4.69, 9.17) is 4.98 Å². The van der Waals surface area contributed by atoms with Gasteiger partial charge >= 0.3 is 29.6 Å². The first-order chi connectivity index (χ1) is 15.2. The largest absolute Gasteiger partial charge is 1.00 e. The Morgan fingerprint density at radius 2 is 1.94 bits per heavy atom. The van der Waals surface area contributed by atoms with Crippen molar-refractivity contribution in [2.75, 3.05) is 0 Å². The van der Waals surface area contributed by atoms with E-state index in [0.29, 0.717) is 0 Å². The summed E-state index contributed by atoms with van der Waals surface area (Å²) in [7, 11) is 0. The van der Waals surface area contributed by atoms with Crippen molar-refractivity contribution in [1.29, 1.82) is 0 Å². The number of rotatable bonds is 8. The monoisotopic (exact) mass is 461 g/mol. The molecule has 2 N–H and O–H groups in total. The Balaban J connectivity index is 0.00000306. The van der Waals surface area contributed by atoms with Gasteiger partial charge in [0.05, 0.1) is 29.3 Å². The van der Waals surface area contributed by atoms with E-state index in [1.807, 2.05) is 13.8 Å². The predicted octanol–water partition coefficient (Wildman–Crippen LogP) is -0.701. The van der Waals surface area contributed by atoms with Gasteiger partial charge in [0.25, 0.3) is 0 Å². The molecule has 3 aromatic rings. The number of aliphatic carboxylic acids is 1. The van der Waals surface area contributed by atoms with E-state index in [1.165, 1.54) is 18.2 Å². The quantitative estimate of drug-likeness (QED) is 0.429. The second-order valence-corrected chi connectivity index (χ2v) is 8.38. The van der Waals surface area contributed by atoms with E-state index < -0.39 is 24.6 Å². The van der Waals surface area contributed by atoms with E-state index in [1.54, 1.807) is 22.7 Å². The molecule has 1 aliphatic carbocycles. The Morgan fingerprint density at radius 1 is 1.27 bits per heavy atom. The number of carboxylic acids is 1. The first-order valence-electron chi connectivity index (χ1n) is 10.6. The molecule has 2 aromatic heterocycles. The molecule has 2 heterocycles. The van der Waals surface area contributed by atoms with E-state index in [9.17, 15) is 24.5 Å². The molecular weight excluding hydrogens is 436 g/mol. The van der Waals surface area contributed by atoms with Gasteiger partial charge in [0.1, 0.15) is 5.82 Å². The maximum absolute atomic E-state index is 13.6. The summed E-state index contributed by atoms with van der Waals surface area (Å²) in [5.74, 6) is -1.43. The predicted molar refractivity (Wildman–Crippen MR) is 115 cm³/mol. The van der Waals surface area contributed by atoms with Crippen LogP contribution in [0.25, 0.3) is 23.0 Å². The number of carbonyl (C=O) groups excluding carboxylic acids is 1. The van der Waals surface area contributed by atoms with Gasteiger partial charge in [-0.05, 0) is 51.0 Å². The second-order valence-electron chi connectivity index (χ2n) is 8.38. The Labute approximate surface area is 213 Å². The van der Waals surface area contributed by atoms with Crippen LogP contribution in [0.5, 0.6) is 0 Å². The van der Waals surface area contributed by atoms with Gasteiger partial charge in [-0.25, -0.2) is 13.9 Å². The minimum absolute atomic E-state index is 0. The molecule has 33 heavy (non-hydrogen) atoms. The molecule has 2 atom stereocenters. The van der Waals surface area contributed by atoms with Crippen LogP contribution in [0.4, 0.5) is 4.39 Å². The first-order valence-corrected chi connectivity index (χ1v) is 10.6.